The van der Waals surface area contributed by atoms with Gasteiger partial charge in [0.1, 0.15) is 11.6 Å². The van der Waals surface area contributed by atoms with E-state index >= 15 is 0 Å². The summed E-state index contributed by atoms with van der Waals surface area (Å²) in [5, 5.41) is 0.840. The van der Waals surface area contributed by atoms with Crippen molar-refractivity contribution >= 4 is 34.8 Å². The van der Waals surface area contributed by atoms with Gasteiger partial charge in [-0.1, -0.05) is 18.2 Å². The first-order chi connectivity index (χ1) is 12.1. The Hall–Kier alpha value is -2.60. The van der Waals surface area contributed by atoms with Crippen molar-refractivity contribution in [2.45, 2.75) is 0 Å². The van der Waals surface area contributed by atoms with Gasteiger partial charge < -0.3 is 9.47 Å². The molecule has 25 heavy (non-hydrogen) atoms. The van der Waals surface area contributed by atoms with Crippen molar-refractivity contribution in [1.82, 2.24) is 14.5 Å². The van der Waals surface area contributed by atoms with Crippen LogP contribution < -0.4 is 0 Å². The molecule has 4 nitrogen and oxygen atoms in total. The number of carbonyl (C=O) groups excluding carboxylic acids is 1. The van der Waals surface area contributed by atoms with Crippen LogP contribution in [0.5, 0.6) is 0 Å². The minimum atomic E-state index is -0.404. The van der Waals surface area contributed by atoms with Crippen LogP contribution in [0.1, 0.15) is 16.2 Å². The molecule has 1 saturated heterocycles. The molecule has 1 aliphatic heterocycles. The Balaban J connectivity index is 1.70. The summed E-state index contributed by atoms with van der Waals surface area (Å²) in [5.74, 6) is 1.02. The molecule has 1 aliphatic rings. The second-order valence-corrected chi connectivity index (χ2v) is 6.93. The number of halogens is 1. The van der Waals surface area contributed by atoms with Crippen LogP contribution >= 0.6 is 11.8 Å². The van der Waals surface area contributed by atoms with Gasteiger partial charge in [-0.25, -0.2) is 9.37 Å². The van der Waals surface area contributed by atoms with E-state index in [0.717, 1.165) is 27.6 Å². The summed E-state index contributed by atoms with van der Waals surface area (Å²) in [6.45, 7) is 0.607. The number of thioether (sulfide) groups is 1. The van der Waals surface area contributed by atoms with Gasteiger partial charge in [-0.15, -0.1) is 11.8 Å². The third-order valence-electron chi connectivity index (χ3n) is 4.22. The molecule has 0 N–H and O–H groups in total. The van der Waals surface area contributed by atoms with Gasteiger partial charge >= 0.3 is 0 Å². The third-order valence-corrected chi connectivity index (χ3v) is 5.24. The second kappa shape index (κ2) is 6.37. The SMILES string of the molecule is Cn1c(/C=C2/SCCN2C(=O)c2cccc(F)c2)nc2ccccc21. The van der Waals surface area contributed by atoms with Crippen LogP contribution in [0.4, 0.5) is 4.39 Å². The van der Waals surface area contributed by atoms with Crippen LogP contribution in [0, 0.1) is 5.82 Å². The van der Waals surface area contributed by atoms with E-state index in [1.165, 1.54) is 12.1 Å². The summed E-state index contributed by atoms with van der Waals surface area (Å²) < 4.78 is 15.4. The molecular weight excluding hydrogens is 337 g/mol. The molecule has 0 spiro atoms. The number of aryl methyl sites for hydroxylation is 1. The van der Waals surface area contributed by atoms with Gasteiger partial charge in [-0.2, -0.15) is 0 Å². The molecule has 0 atom stereocenters. The Kier molecular flexibility index (Phi) is 4.05. The van der Waals surface area contributed by atoms with E-state index in [9.17, 15) is 9.18 Å². The minimum absolute atomic E-state index is 0.186. The standard InChI is InChI=1S/C19H16FN3OS/c1-22-16-8-3-2-7-15(16)21-17(22)12-18-23(9-10-25-18)19(24)13-5-4-6-14(20)11-13/h2-8,11-12H,9-10H2,1H3/b18-12+. The van der Waals surface area contributed by atoms with Crippen LogP contribution in [0.2, 0.25) is 0 Å². The number of carbonyl (C=O) groups is 1. The average molecular weight is 353 g/mol. The molecule has 3 aromatic rings. The number of hydrogen-bond donors (Lipinski definition) is 0. The van der Waals surface area contributed by atoms with Crippen molar-refractivity contribution in [2.75, 3.05) is 12.3 Å². The lowest BCUT2D eigenvalue weighted by atomic mass is 10.2. The number of nitrogens with zero attached hydrogens (tertiary/aromatic N) is 3. The van der Waals surface area contributed by atoms with Crippen molar-refractivity contribution in [2.24, 2.45) is 7.05 Å². The highest BCUT2D eigenvalue weighted by molar-refractivity contribution is 8.03. The first-order valence-electron chi connectivity index (χ1n) is 7.97. The smallest absolute Gasteiger partial charge is 0.258 e. The monoisotopic (exact) mass is 353 g/mol. The maximum atomic E-state index is 13.4. The topological polar surface area (TPSA) is 38.1 Å². The van der Waals surface area contributed by atoms with Gasteiger partial charge in [-0.3, -0.25) is 4.79 Å². The Morgan fingerprint density at radius 1 is 1.24 bits per heavy atom. The van der Waals surface area contributed by atoms with E-state index in [-0.39, 0.29) is 5.91 Å². The molecule has 2 aromatic carbocycles. The van der Waals surface area contributed by atoms with E-state index < -0.39 is 5.82 Å². The number of fused-ring (bicyclic) bond motifs is 1. The van der Waals surface area contributed by atoms with Crippen LogP contribution in [-0.4, -0.2) is 32.7 Å². The molecule has 1 aromatic heterocycles. The van der Waals surface area contributed by atoms with Crippen molar-refractivity contribution in [3.05, 3.63) is 70.8 Å². The Morgan fingerprint density at radius 3 is 2.88 bits per heavy atom. The zero-order valence-electron chi connectivity index (χ0n) is 13.6. The summed E-state index contributed by atoms with van der Waals surface area (Å²) in [6.07, 6.45) is 1.93. The van der Waals surface area contributed by atoms with Gasteiger partial charge in [0, 0.05) is 31.0 Å². The quantitative estimate of drug-likeness (QED) is 0.701. The molecule has 1 amide bonds. The fourth-order valence-electron chi connectivity index (χ4n) is 2.93. The molecule has 1 fully saturated rings. The highest BCUT2D eigenvalue weighted by Crippen LogP contribution is 2.31. The highest BCUT2D eigenvalue weighted by Gasteiger charge is 2.26. The number of aromatic nitrogens is 2. The Morgan fingerprint density at radius 2 is 2.08 bits per heavy atom. The maximum Gasteiger partial charge on any atom is 0.258 e. The van der Waals surface area contributed by atoms with Crippen LogP contribution in [0.25, 0.3) is 17.1 Å². The summed E-state index contributed by atoms with van der Waals surface area (Å²) in [4.78, 5) is 19.1. The van der Waals surface area contributed by atoms with Crippen LogP contribution in [0.3, 0.4) is 0 Å². The van der Waals surface area contributed by atoms with Crippen LogP contribution in [-0.2, 0) is 7.05 Å². The van der Waals surface area contributed by atoms with E-state index in [4.69, 9.17) is 0 Å². The number of amides is 1. The van der Waals surface area contributed by atoms with Crippen molar-refractivity contribution < 1.29 is 9.18 Å². The first kappa shape index (κ1) is 15.9. The zero-order valence-corrected chi connectivity index (χ0v) is 14.5. The molecule has 0 radical (unpaired) electrons. The predicted molar refractivity (Wildman–Crippen MR) is 98.6 cm³/mol. The van der Waals surface area contributed by atoms with E-state index in [0.29, 0.717) is 12.1 Å². The molecule has 0 aliphatic carbocycles. The molecular formula is C19H16FN3OS. The summed E-state index contributed by atoms with van der Waals surface area (Å²) in [6, 6.07) is 13.7. The predicted octanol–water partition coefficient (Wildman–Crippen LogP) is 3.90. The van der Waals surface area contributed by atoms with Crippen molar-refractivity contribution in [3.63, 3.8) is 0 Å². The fourth-order valence-corrected chi connectivity index (χ4v) is 3.93. The Bertz CT molecular complexity index is 995. The lowest BCUT2D eigenvalue weighted by Gasteiger charge is -2.17. The van der Waals surface area contributed by atoms with Gasteiger partial charge in [0.25, 0.3) is 5.91 Å². The average Bonchev–Trinajstić information content (AvgIpc) is 3.20. The van der Waals surface area contributed by atoms with Crippen LogP contribution in [0.15, 0.2) is 53.6 Å². The number of rotatable bonds is 2. The molecule has 0 saturated carbocycles. The molecule has 0 bridgehead atoms. The molecule has 4 rings (SSSR count). The number of imidazole rings is 1. The summed E-state index contributed by atoms with van der Waals surface area (Å²) >= 11 is 1.61. The van der Waals surface area contributed by atoms with Gasteiger partial charge in [0.2, 0.25) is 0 Å². The number of benzene rings is 2. The van der Waals surface area contributed by atoms with E-state index in [1.54, 1.807) is 28.8 Å². The first-order valence-corrected chi connectivity index (χ1v) is 8.95. The molecule has 2 heterocycles. The van der Waals surface area contributed by atoms with E-state index in [2.05, 4.69) is 4.98 Å². The zero-order chi connectivity index (χ0) is 17.4. The maximum absolute atomic E-state index is 13.4. The minimum Gasteiger partial charge on any atom is -0.328 e. The van der Waals surface area contributed by atoms with Crippen molar-refractivity contribution in [1.29, 1.82) is 0 Å². The van der Waals surface area contributed by atoms with Gasteiger partial charge in [0.15, 0.2) is 0 Å². The summed E-state index contributed by atoms with van der Waals surface area (Å²) in [7, 11) is 1.96. The third kappa shape index (κ3) is 2.93. The number of hydrogen-bond acceptors (Lipinski definition) is 3. The second-order valence-electron chi connectivity index (χ2n) is 5.82. The Labute approximate surface area is 149 Å². The number of para-hydroxylation sites is 2. The molecule has 6 heteroatoms. The van der Waals surface area contributed by atoms with Crippen molar-refractivity contribution in [3.8, 4) is 0 Å². The molecule has 0 unspecified atom stereocenters. The highest BCUT2D eigenvalue weighted by atomic mass is 32.2. The van der Waals surface area contributed by atoms with Gasteiger partial charge in [0.05, 0.1) is 16.1 Å². The lowest BCUT2D eigenvalue weighted by molar-refractivity contribution is 0.0830. The lowest BCUT2D eigenvalue weighted by Crippen LogP contribution is -2.26. The summed E-state index contributed by atoms with van der Waals surface area (Å²) in [5.41, 5.74) is 2.32. The normalized spacial score (nSPS) is 16.1. The fraction of sp³-hybridized carbons (Fsp3) is 0.158. The van der Waals surface area contributed by atoms with E-state index in [1.807, 2.05) is 42.0 Å². The largest absolute Gasteiger partial charge is 0.328 e. The molecule has 126 valence electrons. The van der Waals surface area contributed by atoms with Gasteiger partial charge in [-0.05, 0) is 30.3 Å².